The number of aliphatic carboxylic acids is 1. The summed E-state index contributed by atoms with van der Waals surface area (Å²) in [7, 11) is 0. The third-order valence-electron chi connectivity index (χ3n) is 2.89. The van der Waals surface area contributed by atoms with Gasteiger partial charge in [0.25, 0.3) is 0 Å². The molecule has 0 aliphatic rings. The molecule has 0 aliphatic heterocycles. The van der Waals surface area contributed by atoms with Crippen molar-refractivity contribution in [3.8, 4) is 5.75 Å². The minimum absolute atomic E-state index is 0.359. The van der Waals surface area contributed by atoms with Crippen molar-refractivity contribution >= 4 is 24.1 Å². The largest absolute Gasteiger partial charge is 0.493 e. The van der Waals surface area contributed by atoms with E-state index in [4.69, 9.17) is 9.84 Å². The molecule has 0 fully saturated rings. The highest BCUT2D eigenvalue weighted by molar-refractivity contribution is 7.99. The lowest BCUT2D eigenvalue weighted by molar-refractivity contribution is -0.139. The first-order valence-electron chi connectivity index (χ1n) is 6.75. The summed E-state index contributed by atoms with van der Waals surface area (Å²) < 4.78 is 5.72. The molecule has 21 heavy (non-hydrogen) atoms. The maximum atomic E-state index is 10.8. The molecule has 1 amide bonds. The van der Waals surface area contributed by atoms with Gasteiger partial charge in [-0.3, -0.25) is 4.79 Å². The first-order valence-corrected chi connectivity index (χ1v) is 7.90. The molecule has 0 saturated carbocycles. The van der Waals surface area contributed by atoms with E-state index in [-0.39, 0.29) is 0 Å². The third-order valence-corrected chi connectivity index (χ3v) is 4.03. The van der Waals surface area contributed by atoms with Gasteiger partial charge >= 0.3 is 5.97 Å². The van der Waals surface area contributed by atoms with E-state index in [1.54, 1.807) is 0 Å². The molecule has 2 N–H and O–H groups in total. The second-order valence-corrected chi connectivity index (χ2v) is 5.87. The molecule has 0 saturated heterocycles. The van der Waals surface area contributed by atoms with E-state index in [0.29, 0.717) is 18.8 Å². The average molecular weight is 311 g/mol. The van der Waals surface area contributed by atoms with E-state index in [2.05, 4.69) is 5.32 Å². The molecule has 0 radical (unpaired) electrons. The van der Waals surface area contributed by atoms with Gasteiger partial charge in [-0.05, 0) is 43.2 Å². The van der Waals surface area contributed by atoms with Crippen molar-refractivity contribution in [2.45, 2.75) is 26.3 Å². The first kappa shape index (κ1) is 17.4. The van der Waals surface area contributed by atoms with E-state index in [1.807, 2.05) is 32.0 Å². The van der Waals surface area contributed by atoms with Crippen molar-refractivity contribution in [1.29, 1.82) is 0 Å². The molecule has 5 nitrogen and oxygen atoms in total. The maximum absolute atomic E-state index is 10.8. The Bertz CT molecular complexity index is 479. The lowest BCUT2D eigenvalue weighted by atomic mass is 10.1. The van der Waals surface area contributed by atoms with Crippen LogP contribution >= 0.6 is 11.8 Å². The predicted octanol–water partition coefficient (Wildman–Crippen LogP) is 2.00. The van der Waals surface area contributed by atoms with Crippen molar-refractivity contribution in [1.82, 2.24) is 5.32 Å². The Morgan fingerprint density at radius 3 is 2.90 bits per heavy atom. The molecule has 0 spiro atoms. The molecule has 6 heteroatoms. The van der Waals surface area contributed by atoms with Gasteiger partial charge in [0.1, 0.15) is 11.8 Å². The fourth-order valence-corrected chi connectivity index (χ4v) is 2.64. The molecular formula is C15H21NO4S. The number of benzene rings is 1. The van der Waals surface area contributed by atoms with Crippen LogP contribution in [-0.4, -0.2) is 41.6 Å². The molecule has 1 aromatic carbocycles. The molecule has 1 aromatic rings. The Kier molecular flexibility index (Phi) is 7.68. The zero-order chi connectivity index (χ0) is 15.7. The number of nitrogens with one attached hydrogen (secondary N) is 1. The number of ether oxygens (including phenoxy) is 1. The number of rotatable bonds is 10. The standard InChI is InChI=1S/C15H21NO4S/c1-11-4-5-12(2)14(8-11)20-6-3-7-21-9-13(15(18)19)16-10-17/h4-5,8,10,13H,3,6-7,9H2,1-2H3,(H,16,17)(H,18,19). The minimum atomic E-state index is -1.01. The highest BCUT2D eigenvalue weighted by atomic mass is 32.2. The van der Waals surface area contributed by atoms with Crippen LogP contribution in [0.2, 0.25) is 0 Å². The zero-order valence-electron chi connectivity index (χ0n) is 12.3. The lowest BCUT2D eigenvalue weighted by Gasteiger charge is -2.11. The second kappa shape index (κ2) is 9.28. The summed E-state index contributed by atoms with van der Waals surface area (Å²) in [5.41, 5.74) is 2.27. The third kappa shape index (κ3) is 6.53. The number of hydrogen-bond acceptors (Lipinski definition) is 4. The van der Waals surface area contributed by atoms with E-state index in [9.17, 15) is 9.59 Å². The van der Waals surface area contributed by atoms with Crippen molar-refractivity contribution in [2.75, 3.05) is 18.1 Å². The molecule has 0 aliphatic carbocycles. The van der Waals surface area contributed by atoms with E-state index in [0.717, 1.165) is 29.1 Å². The van der Waals surface area contributed by atoms with Crippen LogP contribution < -0.4 is 10.1 Å². The monoisotopic (exact) mass is 311 g/mol. The van der Waals surface area contributed by atoms with Crippen LogP contribution in [0.3, 0.4) is 0 Å². The first-order chi connectivity index (χ1) is 10.0. The van der Waals surface area contributed by atoms with Crippen LogP contribution in [0, 0.1) is 13.8 Å². The minimum Gasteiger partial charge on any atom is -0.493 e. The van der Waals surface area contributed by atoms with Crippen LogP contribution in [0.1, 0.15) is 17.5 Å². The number of carbonyl (C=O) groups is 2. The highest BCUT2D eigenvalue weighted by Gasteiger charge is 2.15. The van der Waals surface area contributed by atoms with Crippen molar-refractivity contribution in [3.63, 3.8) is 0 Å². The Morgan fingerprint density at radius 1 is 1.48 bits per heavy atom. The van der Waals surface area contributed by atoms with Gasteiger partial charge in [-0.25, -0.2) is 4.79 Å². The van der Waals surface area contributed by atoms with Crippen LogP contribution in [0.4, 0.5) is 0 Å². The predicted molar refractivity (Wildman–Crippen MR) is 84.0 cm³/mol. The number of hydrogen-bond donors (Lipinski definition) is 2. The fourth-order valence-electron chi connectivity index (χ4n) is 1.68. The summed E-state index contributed by atoms with van der Waals surface area (Å²) in [5, 5.41) is 11.1. The van der Waals surface area contributed by atoms with Crippen LogP contribution in [0.5, 0.6) is 5.75 Å². The van der Waals surface area contributed by atoms with Crippen molar-refractivity contribution < 1.29 is 19.4 Å². The number of carboxylic acids is 1. The fraction of sp³-hybridized carbons (Fsp3) is 0.467. The molecule has 0 heterocycles. The van der Waals surface area contributed by atoms with Crippen LogP contribution in [0.25, 0.3) is 0 Å². The average Bonchev–Trinajstić information content (AvgIpc) is 2.44. The zero-order valence-corrected chi connectivity index (χ0v) is 13.1. The SMILES string of the molecule is Cc1ccc(C)c(OCCCSCC(NC=O)C(=O)O)c1. The van der Waals surface area contributed by atoms with Gasteiger partial charge in [0.15, 0.2) is 0 Å². The van der Waals surface area contributed by atoms with Crippen molar-refractivity contribution in [3.05, 3.63) is 29.3 Å². The van der Waals surface area contributed by atoms with E-state index < -0.39 is 12.0 Å². The van der Waals surface area contributed by atoms with Crippen molar-refractivity contribution in [2.24, 2.45) is 0 Å². The summed E-state index contributed by atoms with van der Waals surface area (Å²) in [6.07, 6.45) is 1.24. The molecular weight excluding hydrogens is 290 g/mol. The lowest BCUT2D eigenvalue weighted by Crippen LogP contribution is -2.37. The smallest absolute Gasteiger partial charge is 0.327 e. The molecule has 1 rings (SSSR count). The number of carboxylic acid groups (broad SMARTS) is 1. The van der Waals surface area contributed by atoms with Crippen LogP contribution in [0.15, 0.2) is 18.2 Å². The van der Waals surface area contributed by atoms with Gasteiger partial charge in [0.05, 0.1) is 6.61 Å². The topological polar surface area (TPSA) is 75.6 Å². The van der Waals surface area contributed by atoms with E-state index >= 15 is 0 Å². The van der Waals surface area contributed by atoms with Gasteiger partial charge < -0.3 is 15.2 Å². The number of carbonyl (C=O) groups excluding carboxylic acids is 1. The summed E-state index contributed by atoms with van der Waals surface area (Å²) >= 11 is 1.49. The highest BCUT2D eigenvalue weighted by Crippen LogP contribution is 2.19. The number of thioether (sulfide) groups is 1. The number of amides is 1. The van der Waals surface area contributed by atoms with Gasteiger partial charge in [0, 0.05) is 5.75 Å². The number of aryl methyl sites for hydroxylation is 2. The molecule has 116 valence electrons. The summed E-state index contributed by atoms with van der Waals surface area (Å²) in [6.45, 7) is 4.62. The summed E-state index contributed by atoms with van der Waals surface area (Å²) in [4.78, 5) is 21.1. The Morgan fingerprint density at radius 2 is 2.24 bits per heavy atom. The Labute approximate surface area is 129 Å². The summed E-state index contributed by atoms with van der Waals surface area (Å²) in [6, 6.07) is 5.26. The maximum Gasteiger partial charge on any atom is 0.327 e. The molecule has 0 aromatic heterocycles. The molecule has 1 atom stereocenters. The van der Waals surface area contributed by atoms with Gasteiger partial charge in [0.2, 0.25) is 6.41 Å². The summed E-state index contributed by atoms with van der Waals surface area (Å²) in [5.74, 6) is 1.03. The quantitative estimate of drug-likeness (QED) is 0.510. The van der Waals surface area contributed by atoms with Crippen LogP contribution in [-0.2, 0) is 9.59 Å². The van der Waals surface area contributed by atoms with Gasteiger partial charge in [-0.2, -0.15) is 11.8 Å². The second-order valence-electron chi connectivity index (χ2n) is 4.72. The van der Waals surface area contributed by atoms with Gasteiger partial charge in [-0.1, -0.05) is 12.1 Å². The van der Waals surface area contributed by atoms with Gasteiger partial charge in [-0.15, -0.1) is 0 Å². The Balaban J connectivity index is 2.21. The molecule has 1 unspecified atom stereocenters. The molecule has 0 bridgehead atoms. The normalized spacial score (nSPS) is 11.7. The Hall–Kier alpha value is -1.69. The van der Waals surface area contributed by atoms with E-state index in [1.165, 1.54) is 11.8 Å².